The summed E-state index contributed by atoms with van der Waals surface area (Å²) in [5, 5.41) is 3.60. The summed E-state index contributed by atoms with van der Waals surface area (Å²) in [6, 6.07) is 4.75. The van der Waals surface area contributed by atoms with E-state index < -0.39 is 0 Å². The summed E-state index contributed by atoms with van der Waals surface area (Å²) in [4.78, 5) is 17.5. The Balaban J connectivity index is 2.52. The maximum absolute atomic E-state index is 10.9. The van der Waals surface area contributed by atoms with Crippen molar-refractivity contribution in [2.24, 2.45) is 0 Å². The first-order valence-corrected chi connectivity index (χ1v) is 4.52. The Morgan fingerprint density at radius 3 is 2.92 bits per heavy atom. The van der Waals surface area contributed by atoms with Crippen molar-refractivity contribution in [2.45, 2.75) is 0 Å². The molecular weight excluding hydrogens is 285 g/mol. The van der Waals surface area contributed by atoms with Gasteiger partial charge in [-0.1, -0.05) is 11.2 Å². The maximum atomic E-state index is 10.9. The van der Waals surface area contributed by atoms with Crippen LogP contribution in [-0.2, 0) is 0 Å². The zero-order chi connectivity index (χ0) is 9.26. The third-order valence-electron chi connectivity index (χ3n) is 1.40. The molecule has 2 aromatic rings. The van der Waals surface area contributed by atoms with Crippen LogP contribution in [0.4, 0.5) is 0 Å². The molecule has 0 aliphatic rings. The number of H-pyrrole nitrogens is 1. The molecule has 0 bridgehead atoms. The highest BCUT2D eigenvalue weighted by atomic mass is 127. The van der Waals surface area contributed by atoms with Gasteiger partial charge in [0, 0.05) is 28.7 Å². The van der Waals surface area contributed by atoms with Gasteiger partial charge in [0.1, 0.15) is 5.69 Å². The summed E-state index contributed by atoms with van der Waals surface area (Å²) in [7, 11) is 0. The van der Waals surface area contributed by atoms with Gasteiger partial charge in [0.15, 0.2) is 0 Å². The fourth-order valence-electron chi connectivity index (χ4n) is 0.887. The number of rotatable bonds is 1. The minimum absolute atomic E-state index is 0.189. The molecule has 2 rings (SSSR count). The first kappa shape index (κ1) is 8.42. The van der Waals surface area contributed by atoms with E-state index in [1.165, 1.54) is 6.07 Å². The average Bonchev–Trinajstić information content (AvgIpc) is 2.52. The largest absolute Gasteiger partial charge is 0.332 e. The lowest BCUT2D eigenvalue weighted by atomic mass is 10.3. The Bertz CT molecular complexity index is 476. The van der Waals surface area contributed by atoms with Gasteiger partial charge >= 0.3 is 0 Å². The molecule has 0 radical (unpaired) electrons. The van der Waals surface area contributed by atoms with Crippen LogP contribution in [0.25, 0.3) is 11.6 Å². The van der Waals surface area contributed by atoms with Gasteiger partial charge in [-0.2, -0.15) is 4.98 Å². The highest BCUT2D eigenvalue weighted by Crippen LogP contribution is 2.12. The number of aromatic amines is 1. The van der Waals surface area contributed by atoms with E-state index in [2.05, 4.69) is 15.1 Å². The Kier molecular flexibility index (Phi) is 2.13. The van der Waals surface area contributed by atoms with Gasteiger partial charge in [0.25, 0.3) is 5.89 Å². The normalized spacial score (nSPS) is 10.2. The number of halogens is 1. The SMILES string of the molecule is O=c1cccc(-c2nc(I)no2)[nH]1. The zero-order valence-electron chi connectivity index (χ0n) is 6.32. The predicted molar refractivity (Wildman–Crippen MR) is 53.1 cm³/mol. The molecule has 0 saturated carbocycles. The fraction of sp³-hybridized carbons (Fsp3) is 0. The number of nitrogens with one attached hydrogen (secondary N) is 1. The molecule has 0 unspecified atom stereocenters. The molecule has 0 spiro atoms. The van der Waals surface area contributed by atoms with Crippen molar-refractivity contribution in [3.8, 4) is 11.6 Å². The molecule has 0 aromatic carbocycles. The molecule has 0 fully saturated rings. The van der Waals surface area contributed by atoms with Crippen LogP contribution in [0.5, 0.6) is 0 Å². The second-order valence-electron chi connectivity index (χ2n) is 2.30. The van der Waals surface area contributed by atoms with E-state index in [1.807, 2.05) is 22.6 Å². The number of nitrogens with zero attached hydrogens (tertiary/aromatic N) is 2. The molecule has 66 valence electrons. The van der Waals surface area contributed by atoms with E-state index in [0.29, 0.717) is 15.4 Å². The lowest BCUT2D eigenvalue weighted by Crippen LogP contribution is -2.03. The Labute approximate surface area is 86.3 Å². The third-order valence-corrected chi connectivity index (χ3v) is 1.84. The van der Waals surface area contributed by atoms with Crippen LogP contribution < -0.4 is 5.56 Å². The molecule has 6 heteroatoms. The fourth-order valence-corrected chi connectivity index (χ4v) is 1.21. The van der Waals surface area contributed by atoms with E-state index in [0.717, 1.165) is 0 Å². The van der Waals surface area contributed by atoms with Crippen molar-refractivity contribution in [1.29, 1.82) is 0 Å². The summed E-state index contributed by atoms with van der Waals surface area (Å²) in [6.45, 7) is 0. The Morgan fingerprint density at radius 2 is 2.31 bits per heavy atom. The molecule has 5 nitrogen and oxygen atoms in total. The molecule has 0 aliphatic carbocycles. The van der Waals surface area contributed by atoms with Gasteiger partial charge in [-0.25, -0.2) is 0 Å². The summed E-state index contributed by atoms with van der Waals surface area (Å²) in [6.07, 6.45) is 0. The molecule has 2 heterocycles. The topological polar surface area (TPSA) is 71.8 Å². The van der Waals surface area contributed by atoms with Crippen molar-refractivity contribution >= 4 is 22.6 Å². The van der Waals surface area contributed by atoms with Crippen LogP contribution in [0, 0.1) is 3.83 Å². The summed E-state index contributed by atoms with van der Waals surface area (Å²) in [5.41, 5.74) is 0.341. The van der Waals surface area contributed by atoms with Gasteiger partial charge in [-0.05, 0) is 6.07 Å². The van der Waals surface area contributed by atoms with Crippen LogP contribution >= 0.6 is 22.6 Å². The van der Waals surface area contributed by atoms with Crippen molar-refractivity contribution in [3.63, 3.8) is 0 Å². The van der Waals surface area contributed by atoms with Crippen LogP contribution in [-0.4, -0.2) is 15.1 Å². The molecular formula is C7H4IN3O2. The maximum Gasteiger partial charge on any atom is 0.275 e. The van der Waals surface area contributed by atoms with E-state index in [9.17, 15) is 4.79 Å². The highest BCUT2D eigenvalue weighted by Gasteiger charge is 2.06. The van der Waals surface area contributed by atoms with Crippen LogP contribution in [0.15, 0.2) is 27.5 Å². The first-order chi connectivity index (χ1) is 6.25. The minimum atomic E-state index is -0.189. The van der Waals surface area contributed by atoms with Crippen molar-refractivity contribution in [2.75, 3.05) is 0 Å². The zero-order valence-corrected chi connectivity index (χ0v) is 8.48. The monoisotopic (exact) mass is 289 g/mol. The average molecular weight is 289 g/mol. The Hall–Kier alpha value is -1.18. The quantitative estimate of drug-likeness (QED) is 0.796. The van der Waals surface area contributed by atoms with Crippen LogP contribution in [0.1, 0.15) is 0 Å². The standard InChI is InChI=1S/C7H4IN3O2/c8-7-10-6(13-11-7)4-2-1-3-5(12)9-4/h1-3H,(H,9,12). The van der Waals surface area contributed by atoms with E-state index in [1.54, 1.807) is 12.1 Å². The number of pyridine rings is 1. The molecule has 2 aromatic heterocycles. The summed E-state index contributed by atoms with van der Waals surface area (Å²) < 4.78 is 5.38. The van der Waals surface area contributed by atoms with E-state index >= 15 is 0 Å². The first-order valence-electron chi connectivity index (χ1n) is 3.44. The van der Waals surface area contributed by atoms with Crippen LogP contribution in [0.2, 0.25) is 0 Å². The summed E-state index contributed by atoms with van der Waals surface area (Å²) in [5.74, 6) is 0.321. The van der Waals surface area contributed by atoms with Gasteiger partial charge in [-0.3, -0.25) is 4.79 Å². The molecule has 0 amide bonds. The van der Waals surface area contributed by atoms with Crippen molar-refractivity contribution < 1.29 is 4.52 Å². The molecule has 0 aliphatic heterocycles. The molecule has 1 N–H and O–H groups in total. The van der Waals surface area contributed by atoms with Gasteiger partial charge < -0.3 is 9.51 Å². The van der Waals surface area contributed by atoms with Gasteiger partial charge in [-0.15, -0.1) is 0 Å². The number of aromatic nitrogens is 3. The molecule has 13 heavy (non-hydrogen) atoms. The lowest BCUT2D eigenvalue weighted by molar-refractivity contribution is 0.424. The van der Waals surface area contributed by atoms with Gasteiger partial charge in [0.2, 0.25) is 9.39 Å². The number of hydrogen-bond donors (Lipinski definition) is 1. The second kappa shape index (κ2) is 3.29. The predicted octanol–water partition coefficient (Wildman–Crippen LogP) is 1.03. The van der Waals surface area contributed by atoms with Gasteiger partial charge in [0.05, 0.1) is 0 Å². The molecule has 0 saturated heterocycles. The molecule has 0 atom stereocenters. The smallest absolute Gasteiger partial charge is 0.275 e. The highest BCUT2D eigenvalue weighted by molar-refractivity contribution is 14.1. The lowest BCUT2D eigenvalue weighted by Gasteiger charge is -1.90. The van der Waals surface area contributed by atoms with Crippen molar-refractivity contribution in [1.82, 2.24) is 15.1 Å². The van der Waals surface area contributed by atoms with E-state index in [-0.39, 0.29) is 5.56 Å². The third kappa shape index (κ3) is 1.77. The Morgan fingerprint density at radius 1 is 1.46 bits per heavy atom. The summed E-state index contributed by atoms with van der Waals surface area (Å²) >= 11 is 1.93. The minimum Gasteiger partial charge on any atom is -0.332 e. The number of hydrogen-bond acceptors (Lipinski definition) is 4. The van der Waals surface area contributed by atoms with E-state index in [4.69, 9.17) is 4.52 Å². The van der Waals surface area contributed by atoms with Crippen LogP contribution in [0.3, 0.4) is 0 Å². The van der Waals surface area contributed by atoms with Crippen molar-refractivity contribution in [3.05, 3.63) is 32.4 Å². The second-order valence-corrected chi connectivity index (χ2v) is 3.26.